The van der Waals surface area contributed by atoms with Crippen molar-refractivity contribution in [3.8, 4) is 0 Å². The zero-order valence-electron chi connectivity index (χ0n) is 13.9. The number of ether oxygens (including phenoxy) is 1. The van der Waals surface area contributed by atoms with Crippen molar-refractivity contribution in [2.75, 3.05) is 17.7 Å². The second kappa shape index (κ2) is 8.02. The van der Waals surface area contributed by atoms with Gasteiger partial charge in [0, 0.05) is 13.5 Å². The number of hydrogen-bond acceptors (Lipinski definition) is 7. The first-order valence-electron chi connectivity index (χ1n) is 7.88. The highest BCUT2D eigenvalue weighted by Gasteiger charge is 2.27. The maximum absolute atomic E-state index is 12.3. The molecule has 0 bridgehead atoms. The van der Waals surface area contributed by atoms with Crippen LogP contribution in [0.3, 0.4) is 0 Å². The van der Waals surface area contributed by atoms with Gasteiger partial charge in [-0.05, 0) is 18.6 Å². The summed E-state index contributed by atoms with van der Waals surface area (Å²) in [5.74, 6) is -1.01. The first-order valence-corrected chi connectivity index (χ1v) is 8.70. The van der Waals surface area contributed by atoms with Gasteiger partial charge in [-0.2, -0.15) is 0 Å². The lowest BCUT2D eigenvalue weighted by molar-refractivity contribution is -0.118. The third kappa shape index (κ3) is 4.21. The number of fused-ring (bicyclic) bond motifs is 1. The van der Waals surface area contributed by atoms with E-state index in [1.54, 1.807) is 31.4 Å². The van der Waals surface area contributed by atoms with Gasteiger partial charge in [0.15, 0.2) is 0 Å². The molecule has 1 aliphatic rings. The van der Waals surface area contributed by atoms with Crippen LogP contribution in [0.25, 0.3) is 0 Å². The molecule has 2 aromatic rings. The number of nitrogens with zero attached hydrogens (tertiary/aromatic N) is 2. The molecule has 3 rings (SSSR count). The minimum Gasteiger partial charge on any atom is -0.377 e. The van der Waals surface area contributed by atoms with E-state index in [2.05, 4.69) is 26.1 Å². The Balaban J connectivity index is 1.56. The Bertz CT molecular complexity index is 838. The van der Waals surface area contributed by atoms with Crippen molar-refractivity contribution < 1.29 is 19.1 Å². The maximum Gasteiger partial charge on any atom is 0.254 e. The number of carbonyl (C=O) groups excluding carboxylic acids is 3. The topological polar surface area (TPSA) is 122 Å². The Morgan fingerprint density at radius 2 is 2.12 bits per heavy atom. The van der Waals surface area contributed by atoms with E-state index in [9.17, 15) is 14.4 Å². The summed E-state index contributed by atoms with van der Waals surface area (Å²) in [7, 11) is 1.55. The van der Waals surface area contributed by atoms with Crippen LogP contribution in [-0.4, -0.2) is 41.1 Å². The first-order chi connectivity index (χ1) is 12.6. The Morgan fingerprint density at radius 3 is 2.92 bits per heavy atom. The largest absolute Gasteiger partial charge is 0.377 e. The molecule has 0 fully saturated rings. The highest BCUT2D eigenvalue weighted by atomic mass is 32.1. The predicted octanol–water partition coefficient (Wildman–Crippen LogP) is 1.15. The number of nitrogens with one attached hydrogen (secondary N) is 3. The second-order valence-corrected chi connectivity index (χ2v) is 6.64. The quantitative estimate of drug-likeness (QED) is 0.696. The van der Waals surface area contributed by atoms with Gasteiger partial charge in [-0.25, -0.2) is 0 Å². The van der Waals surface area contributed by atoms with E-state index in [-0.39, 0.29) is 30.6 Å². The van der Waals surface area contributed by atoms with Gasteiger partial charge >= 0.3 is 0 Å². The van der Waals surface area contributed by atoms with Crippen LogP contribution in [0.1, 0.15) is 28.2 Å². The lowest BCUT2D eigenvalue weighted by atomic mass is 10.1. The lowest BCUT2D eigenvalue weighted by Crippen LogP contribution is -2.41. The predicted molar refractivity (Wildman–Crippen MR) is 94.8 cm³/mol. The van der Waals surface area contributed by atoms with Crippen molar-refractivity contribution in [1.82, 2.24) is 15.5 Å². The standard InChI is InChI=1S/C16H17N5O4S/c1-25-8-13-20-21-16(26-13)19-12(22)7-6-11-15(24)17-10-5-3-2-4-9(10)14(23)18-11/h2-5,11H,6-8H2,1H3,(H,17,24)(H,18,23)(H,19,21,22)/t11-/m0/s1. The molecular weight excluding hydrogens is 358 g/mol. The molecule has 26 heavy (non-hydrogen) atoms. The molecule has 2 heterocycles. The van der Waals surface area contributed by atoms with Gasteiger partial charge in [0.25, 0.3) is 5.91 Å². The fourth-order valence-electron chi connectivity index (χ4n) is 2.46. The number of carbonyl (C=O) groups is 3. The number of methoxy groups -OCH3 is 1. The number of rotatable bonds is 6. The second-order valence-electron chi connectivity index (χ2n) is 5.58. The van der Waals surface area contributed by atoms with E-state index < -0.39 is 6.04 Å². The van der Waals surface area contributed by atoms with Crippen LogP contribution in [0.15, 0.2) is 24.3 Å². The molecule has 0 spiro atoms. The summed E-state index contributed by atoms with van der Waals surface area (Å²) in [5, 5.41) is 16.7. The fourth-order valence-corrected chi connectivity index (χ4v) is 3.19. The van der Waals surface area contributed by atoms with Gasteiger partial charge in [0.2, 0.25) is 16.9 Å². The molecule has 1 aromatic carbocycles. The van der Waals surface area contributed by atoms with E-state index in [1.165, 1.54) is 11.3 Å². The summed E-state index contributed by atoms with van der Waals surface area (Å²) in [5.41, 5.74) is 0.855. The van der Waals surface area contributed by atoms with Crippen LogP contribution < -0.4 is 16.0 Å². The minimum absolute atomic E-state index is 0.0495. The van der Waals surface area contributed by atoms with E-state index in [4.69, 9.17) is 4.74 Å². The van der Waals surface area contributed by atoms with Crippen LogP contribution >= 0.6 is 11.3 Å². The number of benzene rings is 1. The van der Waals surface area contributed by atoms with Crippen LogP contribution in [-0.2, 0) is 20.9 Å². The zero-order chi connectivity index (χ0) is 18.5. The molecule has 0 radical (unpaired) electrons. The molecule has 0 unspecified atom stereocenters. The molecule has 10 heteroatoms. The molecule has 0 saturated carbocycles. The Labute approximate surface area is 153 Å². The van der Waals surface area contributed by atoms with E-state index in [0.29, 0.717) is 28.0 Å². The fraction of sp³-hybridized carbons (Fsp3) is 0.312. The molecule has 9 nitrogen and oxygen atoms in total. The van der Waals surface area contributed by atoms with Crippen molar-refractivity contribution in [3.05, 3.63) is 34.8 Å². The first kappa shape index (κ1) is 18.0. The van der Waals surface area contributed by atoms with Gasteiger partial charge in [-0.1, -0.05) is 23.5 Å². The van der Waals surface area contributed by atoms with Gasteiger partial charge in [0.05, 0.1) is 11.3 Å². The third-order valence-corrected chi connectivity index (χ3v) is 4.50. The number of hydrogen-bond donors (Lipinski definition) is 3. The Hall–Kier alpha value is -2.85. The molecule has 1 aromatic heterocycles. The highest BCUT2D eigenvalue weighted by Crippen LogP contribution is 2.20. The van der Waals surface area contributed by atoms with Crippen molar-refractivity contribution >= 4 is 39.9 Å². The maximum atomic E-state index is 12.3. The summed E-state index contributed by atoms with van der Waals surface area (Å²) in [6, 6.07) is 5.96. The third-order valence-electron chi connectivity index (χ3n) is 3.69. The average molecular weight is 375 g/mol. The molecule has 0 aliphatic carbocycles. The summed E-state index contributed by atoms with van der Waals surface area (Å²) >= 11 is 1.21. The SMILES string of the molecule is COCc1nnc(NC(=O)CC[C@@H]2NC(=O)c3ccccc3NC2=O)s1. The van der Waals surface area contributed by atoms with Gasteiger partial charge in [-0.15, -0.1) is 10.2 Å². The van der Waals surface area contributed by atoms with Crippen LogP contribution in [0, 0.1) is 0 Å². The van der Waals surface area contributed by atoms with Gasteiger partial charge in [0.1, 0.15) is 17.7 Å². The average Bonchev–Trinajstić information content (AvgIpc) is 3.01. The van der Waals surface area contributed by atoms with Gasteiger partial charge < -0.3 is 20.7 Å². The molecule has 136 valence electrons. The summed E-state index contributed by atoms with van der Waals surface area (Å²) in [6.45, 7) is 0.322. The summed E-state index contributed by atoms with van der Waals surface area (Å²) in [6.07, 6.45) is 0.217. The monoisotopic (exact) mass is 375 g/mol. The van der Waals surface area contributed by atoms with Crippen molar-refractivity contribution in [2.45, 2.75) is 25.5 Å². The minimum atomic E-state index is -0.792. The molecule has 3 N–H and O–H groups in total. The van der Waals surface area contributed by atoms with E-state index in [1.807, 2.05) is 0 Å². The molecule has 1 atom stereocenters. The van der Waals surface area contributed by atoms with Gasteiger partial charge in [-0.3, -0.25) is 14.4 Å². The Morgan fingerprint density at radius 1 is 1.31 bits per heavy atom. The molecule has 3 amide bonds. The van der Waals surface area contributed by atoms with Crippen molar-refractivity contribution in [2.24, 2.45) is 0 Å². The Kier molecular flexibility index (Phi) is 5.54. The summed E-state index contributed by atoms with van der Waals surface area (Å²) < 4.78 is 4.94. The number of para-hydroxylation sites is 1. The lowest BCUT2D eigenvalue weighted by Gasteiger charge is -2.13. The van der Waals surface area contributed by atoms with Crippen LogP contribution in [0.5, 0.6) is 0 Å². The number of aromatic nitrogens is 2. The van der Waals surface area contributed by atoms with Crippen molar-refractivity contribution in [1.29, 1.82) is 0 Å². The van der Waals surface area contributed by atoms with Crippen LogP contribution in [0.2, 0.25) is 0 Å². The van der Waals surface area contributed by atoms with Crippen LogP contribution in [0.4, 0.5) is 10.8 Å². The smallest absolute Gasteiger partial charge is 0.254 e. The zero-order valence-corrected chi connectivity index (χ0v) is 14.8. The molecule has 0 saturated heterocycles. The number of anilines is 2. The highest BCUT2D eigenvalue weighted by molar-refractivity contribution is 7.15. The number of amides is 3. The normalized spacial score (nSPS) is 16.3. The molecule has 1 aliphatic heterocycles. The molecular formula is C16H17N5O4S. The van der Waals surface area contributed by atoms with Crippen molar-refractivity contribution in [3.63, 3.8) is 0 Å². The van der Waals surface area contributed by atoms with E-state index in [0.717, 1.165) is 0 Å². The summed E-state index contributed by atoms with van der Waals surface area (Å²) in [4.78, 5) is 36.6. The van der Waals surface area contributed by atoms with E-state index >= 15 is 0 Å².